The van der Waals surface area contributed by atoms with Crippen molar-refractivity contribution >= 4 is 27.7 Å². The Morgan fingerprint density at radius 2 is 1.79 bits per heavy atom. The molecule has 0 aliphatic heterocycles. The van der Waals surface area contributed by atoms with Crippen LogP contribution in [0.1, 0.15) is 61.3 Å². The summed E-state index contributed by atoms with van der Waals surface area (Å²) in [5.41, 5.74) is 4.24. The lowest BCUT2D eigenvalue weighted by atomic mass is 10.1. The van der Waals surface area contributed by atoms with E-state index in [-0.39, 0.29) is 24.5 Å². The Morgan fingerprint density at radius 3 is 2.39 bits per heavy atom. The second-order valence-corrected chi connectivity index (χ2v) is 9.88. The zero-order valence-electron chi connectivity index (χ0n) is 20.1. The molecule has 0 radical (unpaired) electrons. The van der Waals surface area contributed by atoms with E-state index in [1.165, 1.54) is 0 Å². The van der Waals surface area contributed by atoms with Crippen molar-refractivity contribution in [2.24, 2.45) is 0 Å². The molecule has 5 nitrogen and oxygen atoms in total. The molecule has 1 N–H and O–H groups in total. The molecule has 3 rings (SSSR count). The SMILES string of the molecule is CC[C@@H](C(=O)NC1CCCC1)N(Cc1cccc(C)c1)C(=O)COc1cc(C)c(Br)c(C)c1. The maximum absolute atomic E-state index is 13.4. The Morgan fingerprint density at radius 1 is 1.12 bits per heavy atom. The number of rotatable bonds is 9. The fraction of sp³-hybridized carbons (Fsp3) is 0.481. The van der Waals surface area contributed by atoms with E-state index >= 15 is 0 Å². The van der Waals surface area contributed by atoms with E-state index in [1.54, 1.807) is 4.90 Å². The monoisotopic (exact) mass is 514 g/mol. The van der Waals surface area contributed by atoms with Gasteiger partial charge in [0.15, 0.2) is 6.61 Å². The van der Waals surface area contributed by atoms with Crippen LogP contribution >= 0.6 is 15.9 Å². The topological polar surface area (TPSA) is 58.6 Å². The fourth-order valence-corrected chi connectivity index (χ4v) is 4.74. The van der Waals surface area contributed by atoms with Crippen molar-refractivity contribution in [2.75, 3.05) is 6.61 Å². The van der Waals surface area contributed by atoms with Gasteiger partial charge < -0.3 is 15.0 Å². The van der Waals surface area contributed by atoms with Crippen molar-refractivity contribution in [1.82, 2.24) is 10.2 Å². The molecule has 2 aromatic carbocycles. The summed E-state index contributed by atoms with van der Waals surface area (Å²) in [5.74, 6) is 0.393. The molecule has 2 aromatic rings. The zero-order valence-corrected chi connectivity index (χ0v) is 21.7. The van der Waals surface area contributed by atoms with Crippen LogP contribution in [0.25, 0.3) is 0 Å². The largest absolute Gasteiger partial charge is 0.484 e. The number of nitrogens with one attached hydrogen (secondary N) is 1. The number of amides is 2. The third-order valence-corrected chi connectivity index (χ3v) is 7.55. The number of hydrogen-bond donors (Lipinski definition) is 1. The number of benzene rings is 2. The van der Waals surface area contributed by atoms with E-state index in [9.17, 15) is 9.59 Å². The van der Waals surface area contributed by atoms with Gasteiger partial charge in [-0.25, -0.2) is 0 Å². The molecule has 0 unspecified atom stereocenters. The Balaban J connectivity index is 1.78. The molecule has 0 spiro atoms. The van der Waals surface area contributed by atoms with Crippen molar-refractivity contribution in [2.45, 2.75) is 78.4 Å². The number of halogens is 1. The van der Waals surface area contributed by atoms with Crippen LogP contribution in [0.15, 0.2) is 40.9 Å². The van der Waals surface area contributed by atoms with E-state index in [0.29, 0.717) is 18.7 Å². The van der Waals surface area contributed by atoms with Crippen molar-refractivity contribution < 1.29 is 14.3 Å². The van der Waals surface area contributed by atoms with Gasteiger partial charge in [0.25, 0.3) is 5.91 Å². The fourth-order valence-electron chi connectivity index (χ4n) is 4.51. The third-order valence-electron chi connectivity index (χ3n) is 6.30. The third kappa shape index (κ3) is 6.83. The lowest BCUT2D eigenvalue weighted by Gasteiger charge is -2.31. The average molecular weight is 515 g/mol. The van der Waals surface area contributed by atoms with Crippen LogP contribution in [-0.4, -0.2) is 35.4 Å². The second-order valence-electron chi connectivity index (χ2n) is 9.08. The van der Waals surface area contributed by atoms with Gasteiger partial charge in [-0.15, -0.1) is 0 Å². The normalized spacial score (nSPS) is 14.7. The first-order valence-corrected chi connectivity index (χ1v) is 12.6. The number of nitrogens with zero attached hydrogens (tertiary/aromatic N) is 1. The molecule has 6 heteroatoms. The summed E-state index contributed by atoms with van der Waals surface area (Å²) < 4.78 is 6.93. The van der Waals surface area contributed by atoms with Crippen LogP contribution in [0.3, 0.4) is 0 Å². The van der Waals surface area contributed by atoms with Crippen molar-refractivity contribution in [1.29, 1.82) is 0 Å². The van der Waals surface area contributed by atoms with Gasteiger partial charge in [0, 0.05) is 17.1 Å². The summed E-state index contributed by atoms with van der Waals surface area (Å²) in [6, 6.07) is 11.6. The summed E-state index contributed by atoms with van der Waals surface area (Å²) in [7, 11) is 0. The Labute approximate surface area is 206 Å². The molecule has 1 saturated carbocycles. The van der Waals surface area contributed by atoms with Gasteiger partial charge in [-0.2, -0.15) is 0 Å². The summed E-state index contributed by atoms with van der Waals surface area (Å²) in [4.78, 5) is 28.3. The highest BCUT2D eigenvalue weighted by Gasteiger charge is 2.31. The van der Waals surface area contributed by atoms with Crippen LogP contribution in [0.2, 0.25) is 0 Å². The minimum atomic E-state index is -0.532. The molecule has 178 valence electrons. The summed E-state index contributed by atoms with van der Waals surface area (Å²) in [6.45, 7) is 8.24. The number of ether oxygens (including phenoxy) is 1. The molecule has 1 fully saturated rings. The minimum Gasteiger partial charge on any atom is -0.484 e. The van der Waals surface area contributed by atoms with Gasteiger partial charge in [-0.3, -0.25) is 9.59 Å². The van der Waals surface area contributed by atoms with Crippen molar-refractivity contribution in [3.05, 3.63) is 63.1 Å². The second kappa shape index (κ2) is 11.7. The maximum atomic E-state index is 13.4. The number of carbonyl (C=O) groups excluding carboxylic acids is 2. The first kappa shape index (κ1) is 25.3. The minimum absolute atomic E-state index is 0.0688. The highest BCUT2D eigenvalue weighted by Crippen LogP contribution is 2.26. The molecule has 1 aliphatic carbocycles. The van der Waals surface area contributed by atoms with E-state index in [0.717, 1.165) is 52.4 Å². The quantitative estimate of drug-likeness (QED) is 0.472. The highest BCUT2D eigenvalue weighted by atomic mass is 79.9. The predicted octanol–water partition coefficient (Wildman–Crippen LogP) is 5.62. The van der Waals surface area contributed by atoms with Crippen LogP contribution in [0.4, 0.5) is 0 Å². The molecular weight excluding hydrogens is 480 g/mol. The lowest BCUT2D eigenvalue weighted by molar-refractivity contribution is -0.143. The van der Waals surface area contributed by atoms with Crippen LogP contribution in [-0.2, 0) is 16.1 Å². The van der Waals surface area contributed by atoms with Crippen molar-refractivity contribution in [3.8, 4) is 5.75 Å². The van der Waals surface area contributed by atoms with Crippen molar-refractivity contribution in [3.63, 3.8) is 0 Å². The van der Waals surface area contributed by atoms with Gasteiger partial charge in [0.05, 0.1) is 0 Å². The number of aryl methyl sites for hydroxylation is 3. The summed E-state index contributed by atoms with van der Waals surface area (Å²) in [5, 5.41) is 3.18. The maximum Gasteiger partial charge on any atom is 0.261 e. The Bertz CT molecular complexity index is 962. The van der Waals surface area contributed by atoms with Gasteiger partial charge in [-0.05, 0) is 68.9 Å². The Hall–Kier alpha value is -2.34. The van der Waals surface area contributed by atoms with Gasteiger partial charge in [-0.1, -0.05) is 65.5 Å². The van der Waals surface area contributed by atoms with E-state index in [2.05, 4.69) is 27.3 Å². The molecule has 2 amide bonds. The highest BCUT2D eigenvalue weighted by molar-refractivity contribution is 9.10. The van der Waals surface area contributed by atoms with Crippen LogP contribution in [0, 0.1) is 20.8 Å². The molecule has 0 bridgehead atoms. The summed E-state index contributed by atoms with van der Waals surface area (Å²) >= 11 is 3.56. The zero-order chi connectivity index (χ0) is 24.0. The van der Waals surface area contributed by atoms with Gasteiger partial charge in [0.2, 0.25) is 5.91 Å². The molecule has 0 heterocycles. The van der Waals surface area contributed by atoms with E-state index < -0.39 is 6.04 Å². The molecular formula is C27H35BrN2O3. The predicted molar refractivity (Wildman–Crippen MR) is 135 cm³/mol. The van der Waals surface area contributed by atoms with Gasteiger partial charge in [0.1, 0.15) is 11.8 Å². The molecule has 0 saturated heterocycles. The first-order chi connectivity index (χ1) is 15.8. The lowest BCUT2D eigenvalue weighted by Crippen LogP contribution is -2.52. The van der Waals surface area contributed by atoms with E-state index in [4.69, 9.17) is 4.74 Å². The Kier molecular flexibility index (Phi) is 8.95. The first-order valence-electron chi connectivity index (χ1n) is 11.8. The molecule has 33 heavy (non-hydrogen) atoms. The smallest absolute Gasteiger partial charge is 0.261 e. The molecule has 1 aliphatic rings. The van der Waals surface area contributed by atoms with E-state index in [1.807, 2.05) is 58.0 Å². The molecule has 1 atom stereocenters. The van der Waals surface area contributed by atoms with Gasteiger partial charge >= 0.3 is 0 Å². The van der Waals surface area contributed by atoms with Crippen LogP contribution < -0.4 is 10.1 Å². The van der Waals surface area contributed by atoms with Crippen LogP contribution in [0.5, 0.6) is 5.75 Å². The summed E-state index contributed by atoms with van der Waals surface area (Å²) in [6.07, 6.45) is 4.87. The number of hydrogen-bond acceptors (Lipinski definition) is 3. The standard InChI is InChI=1S/C27H35BrN2O3/c1-5-24(27(32)29-22-11-6-7-12-22)30(16-21-10-8-9-18(2)13-21)25(31)17-33-23-14-19(3)26(28)20(4)15-23/h8-10,13-15,22,24H,5-7,11-12,16-17H2,1-4H3,(H,29,32)/t24-/m0/s1. The average Bonchev–Trinajstić information content (AvgIpc) is 3.28. The molecule has 0 aromatic heterocycles. The number of carbonyl (C=O) groups is 2.